The Morgan fingerprint density at radius 2 is 1.33 bits per heavy atom. The van der Waals surface area contributed by atoms with E-state index in [9.17, 15) is 17.6 Å². The third-order valence-corrected chi connectivity index (χ3v) is 0.845. The van der Waals surface area contributed by atoms with Crippen molar-refractivity contribution in [2.45, 2.75) is 26.4 Å². The average molecular weight is 188 g/mol. The van der Waals surface area contributed by atoms with Gasteiger partial charge in [0.25, 0.3) is 0 Å². The van der Waals surface area contributed by atoms with Crippen LogP contribution in [0.5, 0.6) is 0 Å². The van der Waals surface area contributed by atoms with E-state index in [1.54, 1.807) is 0 Å². The normalized spacial score (nSPS) is 11.0. The van der Waals surface area contributed by atoms with Gasteiger partial charge in [-0.05, 0) is 13.8 Å². The second kappa shape index (κ2) is 7.37. The fourth-order valence-corrected chi connectivity index (χ4v) is 0.0412. The van der Waals surface area contributed by atoms with Gasteiger partial charge in [-0.25, -0.2) is 8.78 Å². The van der Waals surface area contributed by atoms with E-state index in [1.165, 1.54) is 20.8 Å². The first-order valence-electron chi connectivity index (χ1n) is 3.74. The molecular weight excluding hydrogens is 172 g/mol. The molecule has 0 atom stereocenters. The van der Waals surface area contributed by atoms with Crippen molar-refractivity contribution in [2.24, 2.45) is 5.92 Å². The first kappa shape index (κ1) is 14.3. The third kappa shape index (κ3) is 16.4. The van der Waals surface area contributed by atoms with E-state index in [4.69, 9.17) is 0 Å². The molecule has 0 spiro atoms. The van der Waals surface area contributed by atoms with Crippen molar-refractivity contribution in [3.8, 4) is 0 Å². The maximum Gasteiger partial charge on any atom is 0.133 e. The molecule has 0 radical (unpaired) electrons. The Kier molecular flexibility index (Phi) is 8.76. The molecule has 0 bridgehead atoms. The van der Waals surface area contributed by atoms with Gasteiger partial charge in [-0.15, -0.1) is 0 Å². The van der Waals surface area contributed by atoms with Gasteiger partial charge in [0, 0.05) is 5.92 Å². The van der Waals surface area contributed by atoms with Crippen LogP contribution in [0.3, 0.4) is 0 Å². The molecule has 0 N–H and O–H groups in total. The van der Waals surface area contributed by atoms with Crippen molar-refractivity contribution in [3.63, 3.8) is 0 Å². The minimum atomic E-state index is -1.62. The summed E-state index contributed by atoms with van der Waals surface area (Å²) >= 11 is 0. The first-order chi connectivity index (χ1) is 5.37. The largest absolute Gasteiger partial charge is 0.251 e. The first-order valence-corrected chi connectivity index (χ1v) is 3.74. The van der Waals surface area contributed by atoms with E-state index in [1.807, 2.05) is 0 Å². The van der Waals surface area contributed by atoms with Crippen molar-refractivity contribution in [3.05, 3.63) is 0 Å². The van der Waals surface area contributed by atoms with Gasteiger partial charge in [-0.2, -0.15) is 0 Å². The minimum absolute atomic E-state index is 0.398. The Labute approximate surface area is 71.0 Å². The van der Waals surface area contributed by atoms with Gasteiger partial charge < -0.3 is 0 Å². The van der Waals surface area contributed by atoms with Crippen LogP contribution >= 0.6 is 0 Å². The zero-order valence-electron chi connectivity index (χ0n) is 7.71. The molecule has 0 heterocycles. The lowest BCUT2D eigenvalue weighted by Gasteiger charge is -2.04. The molecule has 4 heteroatoms. The Morgan fingerprint density at radius 3 is 1.33 bits per heavy atom. The van der Waals surface area contributed by atoms with Crippen LogP contribution in [-0.2, 0) is 0 Å². The molecule has 0 fully saturated rings. The summed E-state index contributed by atoms with van der Waals surface area (Å²) < 4.78 is 45.2. The van der Waals surface area contributed by atoms with Gasteiger partial charge in [-0.3, -0.25) is 8.78 Å². The van der Waals surface area contributed by atoms with Gasteiger partial charge in [0.15, 0.2) is 0 Å². The lowest BCUT2D eigenvalue weighted by Crippen LogP contribution is -2.13. The van der Waals surface area contributed by atoms with E-state index in [0.29, 0.717) is 0 Å². The van der Waals surface area contributed by atoms with Gasteiger partial charge in [0.05, 0.1) is 13.3 Å². The molecule has 0 aromatic rings. The van der Waals surface area contributed by atoms with Gasteiger partial charge >= 0.3 is 0 Å². The highest BCUT2D eigenvalue weighted by atomic mass is 19.2. The molecule has 0 saturated heterocycles. The molecule has 12 heavy (non-hydrogen) atoms. The number of halogens is 4. The Balaban J connectivity index is 0. The lowest BCUT2D eigenvalue weighted by molar-refractivity contribution is 0.165. The molecule has 0 aromatic heterocycles. The average Bonchev–Trinajstić information content (AvgIpc) is 2.03. The molecule has 0 unspecified atom stereocenters. The maximum absolute atomic E-state index is 11.7. The molecular formula is C8H16F4. The van der Waals surface area contributed by atoms with Crippen LogP contribution < -0.4 is 0 Å². The SMILES string of the molecule is CC(C)(F)CF.CC(CF)CF. The van der Waals surface area contributed by atoms with Crippen LogP contribution in [0.15, 0.2) is 0 Å². The highest BCUT2D eigenvalue weighted by molar-refractivity contribution is 4.61. The monoisotopic (exact) mass is 188 g/mol. The van der Waals surface area contributed by atoms with E-state index in [-0.39, 0.29) is 0 Å². The molecule has 0 aromatic carbocycles. The van der Waals surface area contributed by atoms with Crippen molar-refractivity contribution < 1.29 is 17.6 Å². The molecule has 0 aliphatic carbocycles. The summed E-state index contributed by atoms with van der Waals surface area (Å²) in [5, 5.41) is 0. The third-order valence-electron chi connectivity index (χ3n) is 0.845. The van der Waals surface area contributed by atoms with E-state index in [2.05, 4.69) is 0 Å². The summed E-state index contributed by atoms with van der Waals surface area (Å²) in [5.41, 5.74) is -1.62. The number of rotatable bonds is 3. The van der Waals surface area contributed by atoms with Crippen molar-refractivity contribution >= 4 is 0 Å². The number of hydrogen-bond acceptors (Lipinski definition) is 0. The Bertz CT molecular complexity index is 83.5. The van der Waals surface area contributed by atoms with Gasteiger partial charge in [0.2, 0.25) is 0 Å². The van der Waals surface area contributed by atoms with Gasteiger partial charge in [-0.1, -0.05) is 6.92 Å². The van der Waals surface area contributed by atoms with E-state index in [0.717, 1.165) is 0 Å². The molecule has 0 nitrogen and oxygen atoms in total. The van der Waals surface area contributed by atoms with Crippen LogP contribution in [0.2, 0.25) is 0 Å². The molecule has 0 aliphatic rings. The van der Waals surface area contributed by atoms with Crippen LogP contribution in [-0.4, -0.2) is 25.7 Å². The Hall–Kier alpha value is -0.280. The summed E-state index contributed by atoms with van der Waals surface area (Å²) in [6.45, 7) is 1.94. The topological polar surface area (TPSA) is 0 Å². The number of hydrogen-bond donors (Lipinski definition) is 0. The molecule has 76 valence electrons. The molecule has 0 aliphatic heterocycles. The van der Waals surface area contributed by atoms with Crippen molar-refractivity contribution in [1.82, 2.24) is 0 Å². The second-order valence-corrected chi connectivity index (χ2v) is 3.27. The van der Waals surface area contributed by atoms with Crippen LogP contribution in [0.1, 0.15) is 20.8 Å². The lowest BCUT2D eigenvalue weighted by atomic mass is 10.2. The smallest absolute Gasteiger partial charge is 0.133 e. The van der Waals surface area contributed by atoms with Crippen LogP contribution in [0.25, 0.3) is 0 Å². The molecule has 0 amide bonds. The van der Waals surface area contributed by atoms with Crippen LogP contribution in [0, 0.1) is 5.92 Å². The predicted molar refractivity (Wildman–Crippen MR) is 42.3 cm³/mol. The highest BCUT2D eigenvalue weighted by Crippen LogP contribution is 2.06. The maximum atomic E-state index is 11.7. The summed E-state index contributed by atoms with van der Waals surface area (Å²) in [7, 11) is 0. The minimum Gasteiger partial charge on any atom is -0.251 e. The summed E-state index contributed by atoms with van der Waals surface area (Å²) in [4.78, 5) is 0. The summed E-state index contributed by atoms with van der Waals surface area (Å²) in [5.74, 6) is -0.398. The van der Waals surface area contributed by atoms with E-state index < -0.39 is 31.6 Å². The van der Waals surface area contributed by atoms with Gasteiger partial charge in [0.1, 0.15) is 12.3 Å². The van der Waals surface area contributed by atoms with Crippen molar-refractivity contribution in [1.29, 1.82) is 0 Å². The standard InChI is InChI=1S/2C4H8F2/c1-4(2,6)3-5;1-4(2-5)3-6/h3H2,1-2H3;4H,2-3H2,1H3. The molecule has 0 rings (SSSR count). The summed E-state index contributed by atoms with van der Waals surface area (Å²) in [6.07, 6.45) is 0. The quantitative estimate of drug-likeness (QED) is 0.596. The zero-order valence-corrected chi connectivity index (χ0v) is 7.71. The van der Waals surface area contributed by atoms with Crippen molar-refractivity contribution in [2.75, 3.05) is 20.0 Å². The van der Waals surface area contributed by atoms with Crippen LogP contribution in [0.4, 0.5) is 17.6 Å². The Morgan fingerprint density at radius 1 is 1.08 bits per heavy atom. The highest BCUT2D eigenvalue weighted by Gasteiger charge is 2.12. The second-order valence-electron chi connectivity index (χ2n) is 3.27. The zero-order chi connectivity index (χ0) is 10.2. The predicted octanol–water partition coefficient (Wildman–Crippen LogP) is 3.27. The molecule has 0 saturated carbocycles. The number of alkyl halides is 4. The fourth-order valence-electron chi connectivity index (χ4n) is 0.0412. The van der Waals surface area contributed by atoms with E-state index >= 15 is 0 Å². The fraction of sp³-hybridized carbons (Fsp3) is 1.00. The summed E-state index contributed by atoms with van der Waals surface area (Å²) in [6, 6.07) is 0.